The average Bonchev–Trinajstić information content (AvgIpc) is 2.84. The van der Waals surface area contributed by atoms with Gasteiger partial charge >= 0.3 is 0 Å². The molecule has 2 heterocycles. The first-order valence-electron chi connectivity index (χ1n) is 5.77. The normalized spacial score (nSPS) is 10.5. The van der Waals surface area contributed by atoms with Crippen molar-refractivity contribution in [1.29, 1.82) is 5.41 Å². The Kier molecular flexibility index (Phi) is 3.62. The molecule has 2 aromatic rings. The Morgan fingerprint density at radius 3 is 2.78 bits per heavy atom. The average molecular weight is 261 g/mol. The first-order valence-corrected chi connectivity index (χ1v) is 6.65. The highest BCUT2D eigenvalue weighted by atomic mass is 32.1. The van der Waals surface area contributed by atoms with Crippen molar-refractivity contribution >= 4 is 17.2 Å². The summed E-state index contributed by atoms with van der Waals surface area (Å²) in [6.45, 7) is 2.65. The van der Waals surface area contributed by atoms with Crippen LogP contribution in [-0.4, -0.2) is 10.4 Å². The monoisotopic (exact) mass is 261 g/mol. The lowest BCUT2D eigenvalue weighted by Crippen LogP contribution is -2.30. The molecule has 0 saturated heterocycles. The molecule has 0 unspecified atom stereocenters. The molecule has 0 radical (unpaired) electrons. The molecule has 3 N–H and O–H groups in total. The van der Waals surface area contributed by atoms with Crippen molar-refractivity contribution in [3.05, 3.63) is 45.6 Å². The summed E-state index contributed by atoms with van der Waals surface area (Å²) in [5, 5.41) is 9.40. The van der Waals surface area contributed by atoms with E-state index in [9.17, 15) is 4.79 Å². The van der Waals surface area contributed by atoms with E-state index < -0.39 is 0 Å². The van der Waals surface area contributed by atoms with Gasteiger partial charge in [0, 0.05) is 6.54 Å². The first-order chi connectivity index (χ1) is 8.65. The van der Waals surface area contributed by atoms with Gasteiger partial charge in [0.25, 0.3) is 5.56 Å². The van der Waals surface area contributed by atoms with Gasteiger partial charge in [-0.1, -0.05) is 13.0 Å². The van der Waals surface area contributed by atoms with Crippen LogP contribution in [-0.2, 0) is 6.54 Å². The van der Waals surface area contributed by atoms with Crippen molar-refractivity contribution in [1.82, 2.24) is 4.57 Å². The molecule has 0 atom stereocenters. The smallest absolute Gasteiger partial charge is 0.262 e. The largest absolute Gasteiger partial charge is 0.384 e. The number of pyridine rings is 1. The number of nitrogens with one attached hydrogen (secondary N) is 1. The Bertz CT molecular complexity index is 614. The Morgan fingerprint density at radius 1 is 1.44 bits per heavy atom. The van der Waals surface area contributed by atoms with Crippen LogP contribution in [0, 0.1) is 5.41 Å². The van der Waals surface area contributed by atoms with E-state index in [1.807, 2.05) is 30.5 Å². The number of hydrogen-bond donors (Lipinski definition) is 2. The number of hydrogen-bond acceptors (Lipinski definition) is 3. The number of nitrogen functional groups attached to an aromatic ring is 1. The van der Waals surface area contributed by atoms with Gasteiger partial charge < -0.3 is 10.3 Å². The lowest BCUT2D eigenvalue weighted by atomic mass is 10.2. The molecule has 0 saturated carbocycles. The number of thiophene rings is 1. The van der Waals surface area contributed by atoms with Crippen LogP contribution in [0.4, 0.5) is 0 Å². The standard InChI is InChI=1S/C13H15N3OS/c1-2-7-16-10(11-4-3-8-18-11)6-5-9(12(14)15)13(16)17/h3-6,8H,2,7H2,1H3,(H3,14,15). The first kappa shape index (κ1) is 12.6. The molecule has 2 rings (SSSR count). The van der Waals surface area contributed by atoms with Crippen LogP contribution in [0.3, 0.4) is 0 Å². The van der Waals surface area contributed by atoms with E-state index in [1.54, 1.807) is 22.0 Å². The van der Waals surface area contributed by atoms with E-state index in [0.29, 0.717) is 6.54 Å². The molecule has 0 aliphatic carbocycles. The van der Waals surface area contributed by atoms with Gasteiger partial charge in [-0.05, 0) is 30.0 Å². The van der Waals surface area contributed by atoms with Crippen LogP contribution in [0.25, 0.3) is 10.6 Å². The van der Waals surface area contributed by atoms with Gasteiger partial charge in [0.2, 0.25) is 0 Å². The molecule has 5 heteroatoms. The van der Waals surface area contributed by atoms with Crippen molar-refractivity contribution in [2.45, 2.75) is 19.9 Å². The Labute approximate surface area is 109 Å². The minimum atomic E-state index is -0.185. The summed E-state index contributed by atoms with van der Waals surface area (Å²) < 4.78 is 1.70. The molecule has 18 heavy (non-hydrogen) atoms. The minimum absolute atomic E-state index is 0.178. The fourth-order valence-corrected chi connectivity index (χ4v) is 2.63. The molecule has 0 spiro atoms. The van der Waals surface area contributed by atoms with E-state index in [-0.39, 0.29) is 17.0 Å². The summed E-state index contributed by atoms with van der Waals surface area (Å²) in [6, 6.07) is 7.43. The zero-order valence-electron chi connectivity index (χ0n) is 10.1. The summed E-state index contributed by atoms with van der Waals surface area (Å²) in [7, 11) is 0. The summed E-state index contributed by atoms with van der Waals surface area (Å²) in [4.78, 5) is 13.3. The highest BCUT2D eigenvalue weighted by Crippen LogP contribution is 2.23. The molecule has 4 nitrogen and oxygen atoms in total. The Hall–Kier alpha value is -1.88. The van der Waals surface area contributed by atoms with Crippen LogP contribution in [0.15, 0.2) is 34.4 Å². The molecule has 0 amide bonds. The fourth-order valence-electron chi connectivity index (χ4n) is 1.87. The van der Waals surface area contributed by atoms with Gasteiger partial charge in [-0.2, -0.15) is 0 Å². The zero-order valence-corrected chi connectivity index (χ0v) is 11.0. The molecule has 0 aromatic carbocycles. The van der Waals surface area contributed by atoms with Gasteiger partial charge in [-0.15, -0.1) is 11.3 Å². The van der Waals surface area contributed by atoms with Crippen molar-refractivity contribution in [2.24, 2.45) is 5.73 Å². The van der Waals surface area contributed by atoms with Gasteiger partial charge in [-0.25, -0.2) is 0 Å². The highest BCUT2D eigenvalue weighted by Gasteiger charge is 2.12. The summed E-state index contributed by atoms with van der Waals surface area (Å²) in [6.07, 6.45) is 0.861. The molecule has 0 bridgehead atoms. The lowest BCUT2D eigenvalue weighted by molar-refractivity contribution is 0.660. The van der Waals surface area contributed by atoms with Crippen molar-refractivity contribution in [3.8, 4) is 10.6 Å². The second-order valence-corrected chi connectivity index (χ2v) is 4.93. The van der Waals surface area contributed by atoms with Crippen molar-refractivity contribution in [2.75, 3.05) is 0 Å². The third kappa shape index (κ3) is 2.22. The summed E-state index contributed by atoms with van der Waals surface area (Å²) in [5.74, 6) is -0.178. The Morgan fingerprint density at radius 2 is 2.22 bits per heavy atom. The number of aromatic nitrogens is 1. The second kappa shape index (κ2) is 5.18. The van der Waals surface area contributed by atoms with Crippen molar-refractivity contribution < 1.29 is 0 Å². The number of amidine groups is 1. The van der Waals surface area contributed by atoms with Gasteiger partial charge in [-0.3, -0.25) is 10.2 Å². The molecular formula is C13H15N3OS. The molecule has 0 aliphatic rings. The quantitative estimate of drug-likeness (QED) is 0.654. The maximum absolute atomic E-state index is 12.3. The van der Waals surface area contributed by atoms with Crippen LogP contribution >= 0.6 is 11.3 Å². The second-order valence-electron chi connectivity index (χ2n) is 3.98. The Balaban J connectivity index is 2.65. The van der Waals surface area contributed by atoms with Crippen LogP contribution in [0.2, 0.25) is 0 Å². The fraction of sp³-hybridized carbons (Fsp3) is 0.231. The highest BCUT2D eigenvalue weighted by molar-refractivity contribution is 7.13. The van der Waals surface area contributed by atoms with E-state index in [0.717, 1.165) is 17.0 Å². The topological polar surface area (TPSA) is 71.9 Å². The molecule has 2 aromatic heterocycles. The van der Waals surface area contributed by atoms with E-state index in [2.05, 4.69) is 0 Å². The SMILES string of the molecule is CCCn1c(-c2cccs2)ccc(C(=N)N)c1=O. The number of nitrogens with two attached hydrogens (primary N) is 1. The van der Waals surface area contributed by atoms with Gasteiger partial charge in [0.1, 0.15) is 5.84 Å². The maximum Gasteiger partial charge on any atom is 0.262 e. The third-order valence-corrected chi connectivity index (χ3v) is 3.58. The molecule has 94 valence electrons. The molecular weight excluding hydrogens is 246 g/mol. The van der Waals surface area contributed by atoms with Crippen molar-refractivity contribution in [3.63, 3.8) is 0 Å². The third-order valence-electron chi connectivity index (χ3n) is 2.69. The predicted molar refractivity (Wildman–Crippen MR) is 75.3 cm³/mol. The van der Waals surface area contributed by atoms with E-state index in [4.69, 9.17) is 11.1 Å². The van der Waals surface area contributed by atoms with Crippen LogP contribution < -0.4 is 11.3 Å². The molecule has 0 aliphatic heterocycles. The maximum atomic E-state index is 12.3. The summed E-state index contributed by atoms with van der Waals surface area (Å²) in [5.41, 5.74) is 6.39. The van der Waals surface area contributed by atoms with Crippen LogP contribution in [0.1, 0.15) is 18.9 Å². The van der Waals surface area contributed by atoms with E-state index >= 15 is 0 Å². The minimum Gasteiger partial charge on any atom is -0.384 e. The van der Waals surface area contributed by atoms with Crippen LogP contribution in [0.5, 0.6) is 0 Å². The molecule has 0 fully saturated rings. The number of rotatable bonds is 4. The summed E-state index contributed by atoms with van der Waals surface area (Å²) >= 11 is 1.59. The van der Waals surface area contributed by atoms with Gasteiger partial charge in [0.15, 0.2) is 0 Å². The van der Waals surface area contributed by atoms with E-state index in [1.165, 1.54) is 0 Å². The number of nitrogens with zero attached hydrogens (tertiary/aromatic N) is 1. The zero-order chi connectivity index (χ0) is 13.1. The van der Waals surface area contributed by atoms with Gasteiger partial charge in [0.05, 0.1) is 16.1 Å². The lowest BCUT2D eigenvalue weighted by Gasteiger charge is -2.12. The predicted octanol–water partition coefficient (Wildman–Crippen LogP) is 2.27.